The molecule has 0 radical (unpaired) electrons. The minimum Gasteiger partial charge on any atom is -0.441 e. The molecule has 144 valence electrons. The molecule has 3 aromatic heterocycles. The van der Waals surface area contributed by atoms with Crippen LogP contribution in [0.4, 0.5) is 10.5 Å². The fraction of sp³-hybridized carbons (Fsp3) is 0.368. The number of piperazine rings is 1. The van der Waals surface area contributed by atoms with E-state index < -0.39 is 0 Å². The Bertz CT molecular complexity index is 980. The molecular formula is C19H20N6O3. The van der Waals surface area contributed by atoms with Gasteiger partial charge in [0, 0.05) is 55.8 Å². The summed E-state index contributed by atoms with van der Waals surface area (Å²) in [6.07, 6.45) is 6.50. The quantitative estimate of drug-likeness (QED) is 0.738. The molecule has 2 saturated heterocycles. The predicted molar refractivity (Wildman–Crippen MR) is 102 cm³/mol. The topological polar surface area (TPSA) is 96.5 Å². The molecule has 1 amide bonds. The molecule has 2 fully saturated rings. The van der Waals surface area contributed by atoms with Crippen LogP contribution in [0.25, 0.3) is 22.4 Å². The highest BCUT2D eigenvalue weighted by molar-refractivity contribution is 5.93. The van der Waals surface area contributed by atoms with E-state index in [9.17, 15) is 4.79 Å². The summed E-state index contributed by atoms with van der Waals surface area (Å²) in [5.74, 6) is 0. The second-order valence-corrected chi connectivity index (χ2v) is 6.88. The molecule has 3 aromatic rings. The van der Waals surface area contributed by atoms with Gasteiger partial charge >= 0.3 is 6.09 Å². The fourth-order valence-electron chi connectivity index (χ4n) is 3.49. The second kappa shape index (κ2) is 7.08. The van der Waals surface area contributed by atoms with Crippen molar-refractivity contribution in [1.82, 2.24) is 24.8 Å². The van der Waals surface area contributed by atoms with Crippen molar-refractivity contribution in [3.8, 4) is 11.4 Å². The van der Waals surface area contributed by atoms with E-state index in [1.54, 1.807) is 29.7 Å². The number of carbonyl (C=O) groups is 1. The minimum absolute atomic E-state index is 0.0929. The number of aromatic amines is 1. The van der Waals surface area contributed by atoms with Crippen molar-refractivity contribution in [2.24, 2.45) is 0 Å². The molecule has 0 bridgehead atoms. The smallest absolute Gasteiger partial charge is 0.410 e. The van der Waals surface area contributed by atoms with Gasteiger partial charge in [0.25, 0.3) is 0 Å². The van der Waals surface area contributed by atoms with Gasteiger partial charge < -0.3 is 24.3 Å². The lowest BCUT2D eigenvalue weighted by Crippen LogP contribution is -2.51. The van der Waals surface area contributed by atoms with Crippen molar-refractivity contribution in [3.05, 3.63) is 36.9 Å². The van der Waals surface area contributed by atoms with Crippen LogP contribution >= 0.6 is 0 Å². The largest absolute Gasteiger partial charge is 0.441 e. The first-order valence-electron chi connectivity index (χ1n) is 9.30. The van der Waals surface area contributed by atoms with Crippen molar-refractivity contribution in [2.75, 3.05) is 44.3 Å². The van der Waals surface area contributed by atoms with E-state index in [0.29, 0.717) is 26.3 Å². The Morgan fingerprint density at radius 1 is 1.14 bits per heavy atom. The molecule has 2 aliphatic heterocycles. The normalized spacial score (nSPS) is 17.6. The van der Waals surface area contributed by atoms with E-state index >= 15 is 0 Å². The predicted octanol–water partition coefficient (Wildman–Crippen LogP) is 1.68. The Hall–Kier alpha value is -3.20. The maximum Gasteiger partial charge on any atom is 0.410 e. The molecule has 1 N–H and O–H groups in total. The number of pyridine rings is 1. The van der Waals surface area contributed by atoms with Gasteiger partial charge in [-0.15, -0.1) is 0 Å². The number of amides is 1. The van der Waals surface area contributed by atoms with Crippen LogP contribution in [0.5, 0.6) is 0 Å². The first kappa shape index (κ1) is 16.9. The van der Waals surface area contributed by atoms with E-state index in [1.807, 2.05) is 6.07 Å². The molecule has 0 aromatic carbocycles. The SMILES string of the molecule is O=C(OC1COC1)N1CCN(c2ccnc3[nH]c(-c4cnccn4)cc23)CC1. The van der Waals surface area contributed by atoms with Crippen LogP contribution < -0.4 is 4.90 Å². The highest BCUT2D eigenvalue weighted by Crippen LogP contribution is 2.30. The average molecular weight is 380 g/mol. The molecule has 0 unspecified atom stereocenters. The van der Waals surface area contributed by atoms with Crippen LogP contribution in [0.15, 0.2) is 36.9 Å². The molecule has 0 spiro atoms. The Balaban J connectivity index is 1.32. The molecule has 0 aliphatic carbocycles. The first-order chi connectivity index (χ1) is 13.8. The van der Waals surface area contributed by atoms with Gasteiger partial charge in [-0.2, -0.15) is 0 Å². The van der Waals surface area contributed by atoms with Crippen LogP contribution in [-0.2, 0) is 9.47 Å². The summed E-state index contributed by atoms with van der Waals surface area (Å²) >= 11 is 0. The van der Waals surface area contributed by atoms with Crippen LogP contribution in [0.3, 0.4) is 0 Å². The standard InChI is InChI=1S/C19H20N6O3/c26-19(28-13-11-27-12-13)25-7-5-24(6-8-25)17-1-2-22-18-14(17)9-15(23-18)16-10-20-3-4-21-16/h1-4,9-10,13H,5-8,11-12H2,(H,22,23). The third-order valence-corrected chi connectivity index (χ3v) is 5.10. The number of hydrogen-bond acceptors (Lipinski definition) is 7. The Morgan fingerprint density at radius 3 is 2.71 bits per heavy atom. The molecule has 5 rings (SSSR count). The van der Waals surface area contributed by atoms with Gasteiger partial charge in [-0.3, -0.25) is 9.97 Å². The van der Waals surface area contributed by atoms with Crippen molar-refractivity contribution in [3.63, 3.8) is 0 Å². The maximum atomic E-state index is 12.2. The van der Waals surface area contributed by atoms with Gasteiger partial charge in [-0.05, 0) is 12.1 Å². The van der Waals surface area contributed by atoms with Crippen LogP contribution in [0, 0.1) is 0 Å². The van der Waals surface area contributed by atoms with Crippen molar-refractivity contribution >= 4 is 22.8 Å². The number of nitrogens with zero attached hydrogens (tertiary/aromatic N) is 5. The average Bonchev–Trinajstić information content (AvgIpc) is 3.16. The summed E-state index contributed by atoms with van der Waals surface area (Å²) in [5.41, 5.74) is 3.56. The zero-order valence-electron chi connectivity index (χ0n) is 15.2. The number of aromatic nitrogens is 4. The summed E-state index contributed by atoms with van der Waals surface area (Å²) in [5, 5.41) is 1.03. The lowest BCUT2D eigenvalue weighted by molar-refractivity contribution is -0.104. The number of hydrogen-bond donors (Lipinski definition) is 1. The lowest BCUT2D eigenvalue weighted by atomic mass is 10.2. The molecule has 9 nitrogen and oxygen atoms in total. The number of nitrogens with one attached hydrogen (secondary N) is 1. The molecule has 5 heterocycles. The zero-order valence-corrected chi connectivity index (χ0v) is 15.2. The number of carbonyl (C=O) groups excluding carboxylic acids is 1. The third kappa shape index (κ3) is 3.13. The van der Waals surface area contributed by atoms with Gasteiger partial charge in [0.2, 0.25) is 0 Å². The first-order valence-corrected chi connectivity index (χ1v) is 9.30. The maximum absolute atomic E-state index is 12.2. The van der Waals surface area contributed by atoms with Crippen molar-refractivity contribution < 1.29 is 14.3 Å². The number of H-pyrrole nitrogens is 1. The number of ether oxygens (including phenoxy) is 2. The summed E-state index contributed by atoms with van der Waals surface area (Å²) in [6.45, 7) is 3.72. The van der Waals surface area contributed by atoms with Gasteiger partial charge in [-0.25, -0.2) is 9.78 Å². The Kier molecular flexibility index (Phi) is 4.28. The molecule has 9 heteroatoms. The number of anilines is 1. The molecule has 2 aliphatic rings. The molecular weight excluding hydrogens is 360 g/mol. The van der Waals surface area contributed by atoms with Crippen LogP contribution in [0.2, 0.25) is 0 Å². The number of fused-ring (bicyclic) bond motifs is 1. The highest BCUT2D eigenvalue weighted by Gasteiger charge is 2.28. The minimum atomic E-state index is -0.251. The van der Waals surface area contributed by atoms with Gasteiger partial charge in [0.05, 0.1) is 25.1 Å². The monoisotopic (exact) mass is 380 g/mol. The van der Waals surface area contributed by atoms with Crippen molar-refractivity contribution in [1.29, 1.82) is 0 Å². The van der Waals surface area contributed by atoms with Crippen molar-refractivity contribution in [2.45, 2.75) is 6.10 Å². The van der Waals surface area contributed by atoms with Crippen LogP contribution in [-0.4, -0.2) is 76.4 Å². The van der Waals surface area contributed by atoms with Gasteiger partial charge in [-0.1, -0.05) is 0 Å². The van der Waals surface area contributed by atoms with E-state index in [0.717, 1.165) is 41.2 Å². The molecule has 0 atom stereocenters. The third-order valence-electron chi connectivity index (χ3n) is 5.10. The summed E-state index contributed by atoms with van der Waals surface area (Å²) in [6, 6.07) is 4.06. The Morgan fingerprint density at radius 2 is 2.00 bits per heavy atom. The summed E-state index contributed by atoms with van der Waals surface area (Å²) < 4.78 is 10.5. The van der Waals surface area contributed by atoms with Gasteiger partial charge in [0.15, 0.2) is 6.10 Å². The van der Waals surface area contributed by atoms with E-state index in [4.69, 9.17) is 9.47 Å². The number of rotatable bonds is 3. The van der Waals surface area contributed by atoms with E-state index in [1.165, 1.54) is 0 Å². The van der Waals surface area contributed by atoms with E-state index in [2.05, 4.69) is 30.9 Å². The molecule has 0 saturated carbocycles. The zero-order chi connectivity index (χ0) is 18.9. The summed E-state index contributed by atoms with van der Waals surface area (Å²) in [4.78, 5) is 32.5. The molecule has 28 heavy (non-hydrogen) atoms. The summed E-state index contributed by atoms with van der Waals surface area (Å²) in [7, 11) is 0. The van der Waals surface area contributed by atoms with E-state index in [-0.39, 0.29) is 12.2 Å². The Labute approximate surface area is 161 Å². The van der Waals surface area contributed by atoms with Crippen LogP contribution in [0.1, 0.15) is 0 Å². The van der Waals surface area contributed by atoms with Gasteiger partial charge in [0.1, 0.15) is 11.3 Å². The fourth-order valence-corrected chi connectivity index (χ4v) is 3.49. The highest BCUT2D eigenvalue weighted by atomic mass is 16.6. The lowest BCUT2D eigenvalue weighted by Gasteiger charge is -2.37. The second-order valence-electron chi connectivity index (χ2n) is 6.88.